The number of hydrogen-bond acceptors (Lipinski definition) is 2. The fourth-order valence-corrected chi connectivity index (χ4v) is 3.00. The molecule has 19 heavy (non-hydrogen) atoms. The van der Waals surface area contributed by atoms with E-state index in [0.717, 1.165) is 19.4 Å². The van der Waals surface area contributed by atoms with E-state index in [1.54, 1.807) is 0 Å². The Morgan fingerprint density at radius 1 is 1.16 bits per heavy atom. The average Bonchev–Trinajstić information content (AvgIpc) is 2.36. The van der Waals surface area contributed by atoms with Crippen LogP contribution in [0.3, 0.4) is 0 Å². The number of likely N-dealkylation sites (N-methyl/N-ethyl adjacent to an activating group) is 1. The molecule has 1 aromatic carbocycles. The minimum Gasteiger partial charge on any atom is -0.299 e. The van der Waals surface area contributed by atoms with Crippen molar-refractivity contribution in [2.24, 2.45) is 5.92 Å². The molecule has 0 amide bonds. The standard InChI is InChI=1S/C17H25NO/c1-11-8-16(14(4)13(3)12(11)2)9-15-6-7-18(5)10-17(15)19/h8,15H,6-7,9-10H2,1-5H3. The maximum atomic E-state index is 12.1. The first-order valence-corrected chi connectivity index (χ1v) is 7.17. The first kappa shape index (κ1) is 14.3. The fourth-order valence-electron chi connectivity index (χ4n) is 3.00. The van der Waals surface area contributed by atoms with Crippen LogP contribution < -0.4 is 0 Å². The zero-order valence-electron chi connectivity index (χ0n) is 12.8. The molecule has 0 N–H and O–H groups in total. The van der Waals surface area contributed by atoms with Gasteiger partial charge in [-0.1, -0.05) is 6.07 Å². The fraction of sp³-hybridized carbons (Fsp3) is 0.588. The SMILES string of the molecule is Cc1cc(CC2CCN(C)CC2=O)c(C)c(C)c1C. The number of hydrogen-bond donors (Lipinski definition) is 0. The summed E-state index contributed by atoms with van der Waals surface area (Å²) in [5.74, 6) is 0.625. The van der Waals surface area contributed by atoms with E-state index < -0.39 is 0 Å². The van der Waals surface area contributed by atoms with Crippen LogP contribution in [0.5, 0.6) is 0 Å². The van der Waals surface area contributed by atoms with Crippen LogP contribution in [-0.2, 0) is 11.2 Å². The lowest BCUT2D eigenvalue weighted by Gasteiger charge is -2.28. The van der Waals surface area contributed by atoms with Crippen molar-refractivity contribution in [2.75, 3.05) is 20.1 Å². The van der Waals surface area contributed by atoms with Gasteiger partial charge in [0.15, 0.2) is 0 Å². The summed E-state index contributed by atoms with van der Waals surface area (Å²) >= 11 is 0. The summed E-state index contributed by atoms with van der Waals surface area (Å²) < 4.78 is 0. The van der Waals surface area contributed by atoms with Crippen LogP contribution in [0.2, 0.25) is 0 Å². The number of nitrogens with zero attached hydrogens (tertiary/aromatic N) is 1. The largest absolute Gasteiger partial charge is 0.299 e. The molecular weight excluding hydrogens is 234 g/mol. The minimum absolute atomic E-state index is 0.219. The van der Waals surface area contributed by atoms with Gasteiger partial charge in [0.2, 0.25) is 0 Å². The minimum atomic E-state index is 0.219. The zero-order chi connectivity index (χ0) is 14.2. The van der Waals surface area contributed by atoms with Crippen molar-refractivity contribution in [3.8, 4) is 0 Å². The Bertz CT molecular complexity index is 504. The third-order valence-electron chi connectivity index (χ3n) is 4.80. The predicted molar refractivity (Wildman–Crippen MR) is 79.7 cm³/mol. The van der Waals surface area contributed by atoms with Gasteiger partial charge >= 0.3 is 0 Å². The first-order valence-electron chi connectivity index (χ1n) is 7.17. The van der Waals surface area contributed by atoms with Gasteiger partial charge in [-0.2, -0.15) is 0 Å². The first-order chi connectivity index (χ1) is 8.90. The Balaban J connectivity index is 2.22. The van der Waals surface area contributed by atoms with Crippen LogP contribution >= 0.6 is 0 Å². The van der Waals surface area contributed by atoms with E-state index >= 15 is 0 Å². The molecule has 2 rings (SSSR count). The van der Waals surface area contributed by atoms with E-state index in [1.807, 2.05) is 7.05 Å². The molecule has 1 aliphatic rings. The highest BCUT2D eigenvalue weighted by atomic mass is 16.1. The quantitative estimate of drug-likeness (QED) is 0.814. The Morgan fingerprint density at radius 2 is 1.84 bits per heavy atom. The second-order valence-corrected chi connectivity index (χ2v) is 6.12. The molecule has 1 atom stereocenters. The maximum absolute atomic E-state index is 12.1. The van der Waals surface area contributed by atoms with E-state index in [-0.39, 0.29) is 5.92 Å². The molecule has 0 aliphatic carbocycles. The van der Waals surface area contributed by atoms with Crippen molar-refractivity contribution in [2.45, 2.75) is 40.5 Å². The lowest BCUT2D eigenvalue weighted by molar-refractivity contribution is -0.126. The smallest absolute Gasteiger partial charge is 0.150 e. The highest BCUT2D eigenvalue weighted by molar-refractivity contribution is 5.84. The summed E-state index contributed by atoms with van der Waals surface area (Å²) in [6.07, 6.45) is 1.92. The van der Waals surface area contributed by atoms with Crippen molar-refractivity contribution < 1.29 is 4.79 Å². The molecule has 1 aromatic rings. The maximum Gasteiger partial charge on any atom is 0.150 e. The molecule has 1 saturated heterocycles. The summed E-state index contributed by atoms with van der Waals surface area (Å²) in [5, 5.41) is 0. The lowest BCUT2D eigenvalue weighted by Crippen LogP contribution is -2.39. The third-order valence-corrected chi connectivity index (χ3v) is 4.80. The van der Waals surface area contributed by atoms with Gasteiger partial charge in [-0.05, 0) is 81.9 Å². The molecule has 2 heteroatoms. The van der Waals surface area contributed by atoms with E-state index in [2.05, 4.69) is 38.7 Å². The zero-order valence-corrected chi connectivity index (χ0v) is 12.8. The Hall–Kier alpha value is -1.15. The van der Waals surface area contributed by atoms with Gasteiger partial charge in [-0.3, -0.25) is 9.69 Å². The molecule has 0 aromatic heterocycles. The molecule has 0 bridgehead atoms. The lowest BCUT2D eigenvalue weighted by atomic mass is 9.85. The molecule has 0 saturated carbocycles. The number of aryl methyl sites for hydroxylation is 1. The van der Waals surface area contributed by atoms with Crippen molar-refractivity contribution in [1.82, 2.24) is 4.90 Å². The van der Waals surface area contributed by atoms with E-state index in [9.17, 15) is 4.79 Å². The number of ketones is 1. The van der Waals surface area contributed by atoms with Crippen molar-refractivity contribution in [3.05, 3.63) is 33.9 Å². The monoisotopic (exact) mass is 259 g/mol. The normalized spacial score (nSPS) is 20.9. The Kier molecular flexibility index (Phi) is 4.10. The highest BCUT2D eigenvalue weighted by Crippen LogP contribution is 2.25. The second kappa shape index (κ2) is 5.46. The highest BCUT2D eigenvalue weighted by Gasteiger charge is 2.26. The van der Waals surface area contributed by atoms with Gasteiger partial charge < -0.3 is 0 Å². The summed E-state index contributed by atoms with van der Waals surface area (Å²) in [6, 6.07) is 2.28. The average molecular weight is 259 g/mol. The number of rotatable bonds is 2. The Labute approximate surface area is 116 Å². The molecule has 0 spiro atoms. The van der Waals surface area contributed by atoms with Gasteiger partial charge in [0.25, 0.3) is 0 Å². The number of Topliss-reactive ketones (excluding diaryl/α,β-unsaturated/α-hetero) is 1. The summed E-state index contributed by atoms with van der Waals surface area (Å²) in [7, 11) is 2.03. The van der Waals surface area contributed by atoms with Crippen molar-refractivity contribution in [1.29, 1.82) is 0 Å². The molecule has 0 radical (unpaired) electrons. The topological polar surface area (TPSA) is 20.3 Å². The van der Waals surface area contributed by atoms with E-state index in [1.165, 1.54) is 27.8 Å². The van der Waals surface area contributed by atoms with Crippen LogP contribution in [0, 0.1) is 33.6 Å². The molecule has 1 aliphatic heterocycles. The van der Waals surface area contributed by atoms with Crippen LogP contribution in [0.4, 0.5) is 0 Å². The summed E-state index contributed by atoms with van der Waals surface area (Å²) in [4.78, 5) is 14.2. The van der Waals surface area contributed by atoms with Crippen LogP contribution in [0.1, 0.15) is 34.2 Å². The number of carbonyl (C=O) groups is 1. The van der Waals surface area contributed by atoms with Gasteiger partial charge in [-0.15, -0.1) is 0 Å². The molecular formula is C17H25NO. The van der Waals surface area contributed by atoms with Gasteiger partial charge in [0.05, 0.1) is 6.54 Å². The number of likely N-dealkylation sites (tertiary alicyclic amines) is 1. The summed E-state index contributed by atoms with van der Waals surface area (Å²) in [6.45, 7) is 10.4. The van der Waals surface area contributed by atoms with E-state index in [4.69, 9.17) is 0 Å². The van der Waals surface area contributed by atoms with Gasteiger partial charge in [0.1, 0.15) is 5.78 Å². The number of carbonyl (C=O) groups excluding carboxylic acids is 1. The molecule has 104 valence electrons. The van der Waals surface area contributed by atoms with Gasteiger partial charge in [0, 0.05) is 5.92 Å². The van der Waals surface area contributed by atoms with Crippen LogP contribution in [0.15, 0.2) is 6.07 Å². The van der Waals surface area contributed by atoms with Crippen LogP contribution in [0.25, 0.3) is 0 Å². The summed E-state index contributed by atoms with van der Waals surface area (Å²) in [5.41, 5.74) is 6.85. The third kappa shape index (κ3) is 2.89. The molecule has 1 fully saturated rings. The van der Waals surface area contributed by atoms with Crippen LogP contribution in [-0.4, -0.2) is 30.8 Å². The predicted octanol–water partition coefficient (Wildman–Crippen LogP) is 2.98. The Morgan fingerprint density at radius 3 is 2.47 bits per heavy atom. The second-order valence-electron chi connectivity index (χ2n) is 6.12. The number of piperidine rings is 1. The molecule has 1 unspecified atom stereocenters. The van der Waals surface area contributed by atoms with Crippen molar-refractivity contribution in [3.63, 3.8) is 0 Å². The van der Waals surface area contributed by atoms with Crippen molar-refractivity contribution >= 4 is 5.78 Å². The van der Waals surface area contributed by atoms with Gasteiger partial charge in [-0.25, -0.2) is 0 Å². The number of benzene rings is 1. The molecule has 2 nitrogen and oxygen atoms in total. The van der Waals surface area contributed by atoms with E-state index in [0.29, 0.717) is 12.3 Å². The molecule has 1 heterocycles.